The third-order valence-corrected chi connectivity index (χ3v) is 5.66. The van der Waals surface area contributed by atoms with Crippen molar-refractivity contribution in [2.45, 2.75) is 31.2 Å². The molecule has 0 saturated carbocycles. The average molecular weight is 404 g/mol. The maximum Gasteiger partial charge on any atom is 0.254 e. The Morgan fingerprint density at radius 2 is 2.07 bits per heavy atom. The molecule has 1 aromatic carbocycles. The topological polar surface area (TPSA) is 88.6 Å². The quantitative estimate of drug-likeness (QED) is 0.797. The van der Waals surface area contributed by atoms with Crippen LogP contribution in [0.3, 0.4) is 0 Å². The second kappa shape index (κ2) is 8.18. The molecule has 1 N–H and O–H groups in total. The molecule has 2 atom stereocenters. The standard InChI is InChI=1S/C20H25N3O4S/c1-14-10-16(22-19-11-17(27-2)8-9-21-19)12-23(14)20(24)18-7-5-4-6-15(18)13-28(3,25)26/h4-9,11,14,16H,10,12-13H2,1-3H3,(H,21,22)/t14-,16-/m1/s1. The molecule has 1 saturated heterocycles. The van der Waals surface area contributed by atoms with E-state index in [0.29, 0.717) is 29.2 Å². The molecule has 0 aliphatic carbocycles. The van der Waals surface area contributed by atoms with Gasteiger partial charge in [0.05, 0.1) is 12.9 Å². The zero-order valence-electron chi connectivity index (χ0n) is 16.3. The van der Waals surface area contributed by atoms with E-state index in [9.17, 15) is 13.2 Å². The van der Waals surface area contributed by atoms with E-state index in [1.54, 1.807) is 48.5 Å². The minimum atomic E-state index is -3.23. The molecular weight excluding hydrogens is 378 g/mol. The monoisotopic (exact) mass is 403 g/mol. The second-order valence-corrected chi connectivity index (χ2v) is 9.33. The van der Waals surface area contributed by atoms with Gasteiger partial charge in [0.1, 0.15) is 11.6 Å². The van der Waals surface area contributed by atoms with E-state index < -0.39 is 9.84 Å². The van der Waals surface area contributed by atoms with Crippen LogP contribution in [-0.4, -0.2) is 56.2 Å². The number of nitrogens with zero attached hydrogens (tertiary/aromatic N) is 2. The van der Waals surface area contributed by atoms with Crippen molar-refractivity contribution in [3.05, 3.63) is 53.7 Å². The third-order valence-electron chi connectivity index (χ3n) is 4.82. The van der Waals surface area contributed by atoms with Gasteiger partial charge >= 0.3 is 0 Å². The first-order valence-electron chi connectivity index (χ1n) is 9.10. The Bertz CT molecular complexity index is 961. The molecule has 7 nitrogen and oxygen atoms in total. The molecule has 3 rings (SSSR count). The lowest BCUT2D eigenvalue weighted by molar-refractivity contribution is 0.0745. The molecule has 0 unspecified atom stereocenters. The summed E-state index contributed by atoms with van der Waals surface area (Å²) in [5.74, 6) is 1.12. The second-order valence-electron chi connectivity index (χ2n) is 7.19. The van der Waals surface area contributed by atoms with E-state index in [1.165, 1.54) is 6.26 Å². The van der Waals surface area contributed by atoms with Crippen LogP contribution in [-0.2, 0) is 15.6 Å². The van der Waals surface area contributed by atoms with E-state index in [1.807, 2.05) is 13.0 Å². The minimum absolute atomic E-state index is 0.0295. The number of carbonyl (C=O) groups is 1. The van der Waals surface area contributed by atoms with Crippen molar-refractivity contribution < 1.29 is 17.9 Å². The largest absolute Gasteiger partial charge is 0.497 e. The molecule has 2 aromatic rings. The first-order valence-corrected chi connectivity index (χ1v) is 11.2. The highest BCUT2D eigenvalue weighted by atomic mass is 32.2. The summed E-state index contributed by atoms with van der Waals surface area (Å²) in [5, 5.41) is 3.35. The summed E-state index contributed by atoms with van der Waals surface area (Å²) in [6.07, 6.45) is 3.62. The number of aromatic nitrogens is 1. The fourth-order valence-corrected chi connectivity index (χ4v) is 4.35. The number of hydrogen-bond acceptors (Lipinski definition) is 6. The lowest BCUT2D eigenvalue weighted by atomic mass is 10.1. The lowest BCUT2D eigenvalue weighted by Gasteiger charge is -2.23. The Balaban J connectivity index is 1.75. The molecule has 1 fully saturated rings. The molecule has 150 valence electrons. The van der Waals surface area contributed by atoms with Gasteiger partial charge in [0.2, 0.25) is 0 Å². The predicted octanol–water partition coefficient (Wildman–Crippen LogP) is 2.35. The van der Waals surface area contributed by atoms with Gasteiger partial charge in [0.25, 0.3) is 5.91 Å². The number of amides is 1. The van der Waals surface area contributed by atoms with Crippen LogP contribution in [0.15, 0.2) is 42.6 Å². The van der Waals surface area contributed by atoms with E-state index in [0.717, 1.165) is 6.42 Å². The molecule has 0 spiro atoms. The van der Waals surface area contributed by atoms with Gasteiger partial charge in [0, 0.05) is 42.7 Å². The average Bonchev–Trinajstić information content (AvgIpc) is 3.00. The minimum Gasteiger partial charge on any atom is -0.497 e. The Morgan fingerprint density at radius 1 is 1.32 bits per heavy atom. The van der Waals surface area contributed by atoms with Crippen molar-refractivity contribution in [3.8, 4) is 5.75 Å². The van der Waals surface area contributed by atoms with Crippen LogP contribution in [0.5, 0.6) is 5.75 Å². The predicted molar refractivity (Wildman–Crippen MR) is 108 cm³/mol. The Morgan fingerprint density at radius 3 is 2.79 bits per heavy atom. The van der Waals surface area contributed by atoms with Gasteiger partial charge in [-0.3, -0.25) is 4.79 Å². The van der Waals surface area contributed by atoms with Crippen molar-refractivity contribution in [1.82, 2.24) is 9.88 Å². The fourth-order valence-electron chi connectivity index (χ4n) is 3.54. The number of anilines is 1. The van der Waals surface area contributed by atoms with Gasteiger partial charge in [0.15, 0.2) is 9.84 Å². The van der Waals surface area contributed by atoms with Crippen molar-refractivity contribution >= 4 is 21.6 Å². The van der Waals surface area contributed by atoms with Gasteiger partial charge in [-0.05, 0) is 31.0 Å². The number of methoxy groups -OCH3 is 1. The molecule has 1 amide bonds. The number of likely N-dealkylation sites (tertiary alicyclic amines) is 1. The summed E-state index contributed by atoms with van der Waals surface area (Å²) in [6, 6.07) is 10.6. The molecule has 2 heterocycles. The third kappa shape index (κ3) is 4.81. The van der Waals surface area contributed by atoms with E-state index >= 15 is 0 Å². The molecule has 1 aromatic heterocycles. The van der Waals surface area contributed by atoms with Crippen molar-refractivity contribution in [1.29, 1.82) is 0 Å². The lowest BCUT2D eigenvalue weighted by Crippen LogP contribution is -2.35. The summed E-state index contributed by atoms with van der Waals surface area (Å²) in [7, 11) is -1.63. The van der Waals surface area contributed by atoms with Crippen LogP contribution in [0.4, 0.5) is 5.82 Å². The SMILES string of the molecule is COc1ccnc(N[C@@H]2C[C@@H](C)N(C(=O)c3ccccc3CS(C)(=O)=O)C2)c1. The molecule has 8 heteroatoms. The summed E-state index contributed by atoms with van der Waals surface area (Å²) >= 11 is 0. The van der Waals surface area contributed by atoms with Crippen molar-refractivity contribution in [2.24, 2.45) is 0 Å². The molecule has 1 aliphatic heterocycles. The Hall–Kier alpha value is -2.61. The number of hydrogen-bond donors (Lipinski definition) is 1. The van der Waals surface area contributed by atoms with E-state index in [-0.39, 0.29) is 23.7 Å². The van der Waals surface area contributed by atoms with Crippen LogP contribution in [0.1, 0.15) is 29.3 Å². The first kappa shape index (κ1) is 20.1. The van der Waals surface area contributed by atoms with Crippen LogP contribution < -0.4 is 10.1 Å². The normalized spacial score (nSPS) is 19.5. The van der Waals surface area contributed by atoms with Gasteiger partial charge in [-0.25, -0.2) is 13.4 Å². The zero-order chi connectivity index (χ0) is 20.3. The van der Waals surface area contributed by atoms with Gasteiger partial charge in [-0.2, -0.15) is 0 Å². The van der Waals surface area contributed by atoms with E-state index in [4.69, 9.17) is 4.74 Å². The van der Waals surface area contributed by atoms with Crippen molar-refractivity contribution in [2.75, 3.05) is 25.2 Å². The van der Waals surface area contributed by atoms with Gasteiger partial charge < -0.3 is 15.0 Å². The molecule has 1 aliphatic rings. The van der Waals surface area contributed by atoms with Crippen LogP contribution in [0.25, 0.3) is 0 Å². The smallest absolute Gasteiger partial charge is 0.254 e. The number of pyridine rings is 1. The summed E-state index contributed by atoms with van der Waals surface area (Å²) in [4.78, 5) is 19.2. The first-order chi connectivity index (χ1) is 13.3. The van der Waals surface area contributed by atoms with Crippen LogP contribution >= 0.6 is 0 Å². The number of ether oxygens (including phenoxy) is 1. The summed E-state index contributed by atoms with van der Waals surface area (Å²) in [5.41, 5.74) is 0.980. The maximum atomic E-state index is 13.1. The van der Waals surface area contributed by atoms with E-state index in [2.05, 4.69) is 10.3 Å². The molecule has 0 bridgehead atoms. The highest BCUT2D eigenvalue weighted by Crippen LogP contribution is 2.25. The number of rotatable bonds is 6. The molecule has 0 radical (unpaired) electrons. The summed E-state index contributed by atoms with van der Waals surface area (Å²) in [6.45, 7) is 2.52. The Kier molecular flexibility index (Phi) is 5.88. The summed E-state index contributed by atoms with van der Waals surface area (Å²) < 4.78 is 28.7. The molecule has 28 heavy (non-hydrogen) atoms. The van der Waals surface area contributed by atoms with Crippen LogP contribution in [0.2, 0.25) is 0 Å². The number of carbonyl (C=O) groups excluding carboxylic acids is 1. The fraction of sp³-hybridized carbons (Fsp3) is 0.400. The van der Waals surface area contributed by atoms with Gasteiger partial charge in [-0.15, -0.1) is 0 Å². The highest BCUT2D eigenvalue weighted by molar-refractivity contribution is 7.89. The number of nitrogens with one attached hydrogen (secondary N) is 1. The van der Waals surface area contributed by atoms with Gasteiger partial charge in [-0.1, -0.05) is 18.2 Å². The zero-order valence-corrected chi connectivity index (χ0v) is 17.1. The number of benzene rings is 1. The highest BCUT2D eigenvalue weighted by Gasteiger charge is 2.34. The number of sulfone groups is 1. The maximum absolute atomic E-state index is 13.1. The Labute approximate surface area is 165 Å². The van der Waals surface area contributed by atoms with Crippen molar-refractivity contribution in [3.63, 3.8) is 0 Å². The van der Waals surface area contributed by atoms with Crippen LogP contribution in [0, 0.1) is 0 Å². The molecular formula is C20H25N3O4S.